The van der Waals surface area contributed by atoms with Gasteiger partial charge in [-0.15, -0.1) is 0 Å². The Kier molecular flexibility index (Phi) is 5.85. The molecule has 0 heterocycles. The lowest BCUT2D eigenvalue weighted by Gasteiger charge is -2.17. The smallest absolute Gasteiger partial charge is 0.311 e. The molecule has 0 saturated heterocycles. The zero-order valence-electron chi connectivity index (χ0n) is 14.6. The first-order valence-electron chi connectivity index (χ1n) is 8.06. The maximum atomic E-state index is 11.8. The largest absolute Gasteiger partial charge is 0.493 e. The Hall–Kier alpha value is -2.49. The number of hydrogen-bond donors (Lipinski definition) is 1. The monoisotopic (exact) mass is 328 g/mol. The molecule has 128 valence electrons. The Labute approximate surface area is 143 Å². The lowest BCUT2D eigenvalue weighted by Crippen LogP contribution is -2.16. The average Bonchev–Trinajstić information content (AvgIpc) is 2.55. The van der Waals surface area contributed by atoms with Crippen molar-refractivity contribution in [2.45, 2.75) is 33.1 Å². The molecule has 1 N–H and O–H groups in total. The van der Waals surface area contributed by atoms with Crippen molar-refractivity contribution in [3.05, 3.63) is 58.7 Å². The molecule has 0 amide bonds. The van der Waals surface area contributed by atoms with Crippen molar-refractivity contribution >= 4 is 5.97 Å². The second kappa shape index (κ2) is 7.86. The van der Waals surface area contributed by atoms with Crippen molar-refractivity contribution < 1.29 is 19.4 Å². The van der Waals surface area contributed by atoms with Gasteiger partial charge in [-0.3, -0.25) is 4.79 Å². The standard InChI is InChI=1S/C20H24O4/c1-5-24-19-12-15(8-9-18(19)23-4)11-17(20(21)22)16-10-13(2)6-7-14(16)3/h6-10,12,17H,5,11H2,1-4H3,(H,21,22). The molecular formula is C20H24O4. The van der Waals surface area contributed by atoms with E-state index in [2.05, 4.69) is 0 Å². The molecule has 0 fully saturated rings. The molecule has 1 unspecified atom stereocenters. The normalized spacial score (nSPS) is 11.8. The van der Waals surface area contributed by atoms with Gasteiger partial charge in [0.15, 0.2) is 11.5 Å². The number of methoxy groups -OCH3 is 1. The molecule has 24 heavy (non-hydrogen) atoms. The number of hydrogen-bond acceptors (Lipinski definition) is 3. The predicted octanol–water partition coefficient (Wildman–Crippen LogP) is 4.12. The highest BCUT2D eigenvalue weighted by Crippen LogP contribution is 2.31. The zero-order valence-corrected chi connectivity index (χ0v) is 14.6. The summed E-state index contributed by atoms with van der Waals surface area (Å²) in [5, 5.41) is 9.72. The third kappa shape index (κ3) is 4.07. The van der Waals surface area contributed by atoms with Gasteiger partial charge in [0.2, 0.25) is 0 Å². The van der Waals surface area contributed by atoms with Gasteiger partial charge in [-0.05, 0) is 56.0 Å². The Morgan fingerprint density at radius 3 is 2.50 bits per heavy atom. The van der Waals surface area contributed by atoms with E-state index in [9.17, 15) is 9.90 Å². The highest BCUT2D eigenvalue weighted by molar-refractivity contribution is 5.77. The minimum absolute atomic E-state index is 0.406. The fourth-order valence-electron chi connectivity index (χ4n) is 2.82. The number of benzene rings is 2. The van der Waals surface area contributed by atoms with E-state index in [1.54, 1.807) is 7.11 Å². The van der Waals surface area contributed by atoms with Crippen molar-refractivity contribution in [3.8, 4) is 11.5 Å². The van der Waals surface area contributed by atoms with Crippen molar-refractivity contribution in [3.63, 3.8) is 0 Å². The van der Waals surface area contributed by atoms with E-state index in [1.165, 1.54) is 0 Å². The molecule has 2 rings (SSSR count). The number of carboxylic acid groups (broad SMARTS) is 1. The van der Waals surface area contributed by atoms with Crippen LogP contribution >= 0.6 is 0 Å². The first-order chi connectivity index (χ1) is 11.5. The maximum Gasteiger partial charge on any atom is 0.311 e. The van der Waals surface area contributed by atoms with Crippen LogP contribution in [0.1, 0.15) is 35.1 Å². The number of carbonyl (C=O) groups is 1. The molecule has 0 aliphatic rings. The molecular weight excluding hydrogens is 304 g/mol. The SMILES string of the molecule is CCOc1cc(CC(C(=O)O)c2cc(C)ccc2C)ccc1OC. The summed E-state index contributed by atoms with van der Waals surface area (Å²) < 4.78 is 10.9. The summed E-state index contributed by atoms with van der Waals surface area (Å²) >= 11 is 0. The molecule has 0 spiro atoms. The summed E-state index contributed by atoms with van der Waals surface area (Å²) in [7, 11) is 1.59. The molecule has 0 aliphatic carbocycles. The fourth-order valence-corrected chi connectivity index (χ4v) is 2.82. The number of carboxylic acids is 1. The van der Waals surface area contributed by atoms with E-state index in [-0.39, 0.29) is 0 Å². The van der Waals surface area contributed by atoms with Gasteiger partial charge >= 0.3 is 5.97 Å². The Bertz CT molecular complexity index is 722. The van der Waals surface area contributed by atoms with Crippen LogP contribution in [0, 0.1) is 13.8 Å². The van der Waals surface area contributed by atoms with Gasteiger partial charge in [-0.2, -0.15) is 0 Å². The van der Waals surface area contributed by atoms with Gasteiger partial charge in [0.05, 0.1) is 19.6 Å². The molecule has 0 bridgehead atoms. The fraction of sp³-hybridized carbons (Fsp3) is 0.350. The van der Waals surface area contributed by atoms with Crippen molar-refractivity contribution in [1.82, 2.24) is 0 Å². The lowest BCUT2D eigenvalue weighted by molar-refractivity contribution is -0.138. The number of aliphatic carboxylic acids is 1. The van der Waals surface area contributed by atoms with Crippen LogP contribution in [0.25, 0.3) is 0 Å². The molecule has 1 atom stereocenters. The van der Waals surface area contributed by atoms with Crippen LogP contribution < -0.4 is 9.47 Å². The highest BCUT2D eigenvalue weighted by Gasteiger charge is 2.23. The summed E-state index contributed by atoms with van der Waals surface area (Å²) in [5.74, 6) is -0.118. The molecule has 2 aromatic rings. The minimum Gasteiger partial charge on any atom is -0.493 e. The van der Waals surface area contributed by atoms with Gasteiger partial charge in [0.1, 0.15) is 0 Å². The quantitative estimate of drug-likeness (QED) is 0.830. The van der Waals surface area contributed by atoms with Crippen LogP contribution in [0.3, 0.4) is 0 Å². The van der Waals surface area contributed by atoms with E-state index >= 15 is 0 Å². The summed E-state index contributed by atoms with van der Waals surface area (Å²) in [6.07, 6.45) is 0.406. The van der Waals surface area contributed by atoms with Gasteiger partial charge in [0, 0.05) is 0 Å². The number of ether oxygens (including phenoxy) is 2. The van der Waals surface area contributed by atoms with Gasteiger partial charge < -0.3 is 14.6 Å². The molecule has 2 aromatic carbocycles. The Morgan fingerprint density at radius 2 is 1.88 bits per heavy atom. The number of rotatable bonds is 7. The van der Waals surface area contributed by atoms with Crippen LogP contribution in [0.5, 0.6) is 11.5 Å². The lowest BCUT2D eigenvalue weighted by atomic mass is 9.88. The van der Waals surface area contributed by atoms with E-state index in [1.807, 2.05) is 57.2 Å². The van der Waals surface area contributed by atoms with Crippen molar-refractivity contribution in [2.75, 3.05) is 13.7 Å². The van der Waals surface area contributed by atoms with E-state index in [0.717, 1.165) is 22.3 Å². The van der Waals surface area contributed by atoms with Crippen molar-refractivity contribution in [1.29, 1.82) is 0 Å². The molecule has 4 nitrogen and oxygen atoms in total. The summed E-state index contributed by atoms with van der Waals surface area (Å²) in [4.78, 5) is 11.8. The van der Waals surface area contributed by atoms with Gasteiger partial charge in [-0.25, -0.2) is 0 Å². The predicted molar refractivity (Wildman–Crippen MR) is 94.2 cm³/mol. The summed E-state index contributed by atoms with van der Waals surface area (Å²) in [6.45, 7) is 6.36. The average molecular weight is 328 g/mol. The molecule has 0 aliphatic heterocycles. The molecule has 0 saturated carbocycles. The maximum absolute atomic E-state index is 11.8. The van der Waals surface area contributed by atoms with E-state index in [4.69, 9.17) is 9.47 Å². The van der Waals surface area contributed by atoms with E-state index in [0.29, 0.717) is 24.5 Å². The van der Waals surface area contributed by atoms with Gasteiger partial charge in [-0.1, -0.05) is 29.8 Å². The molecule has 0 radical (unpaired) electrons. The first kappa shape index (κ1) is 17.9. The Morgan fingerprint density at radius 1 is 1.12 bits per heavy atom. The zero-order chi connectivity index (χ0) is 17.7. The first-order valence-corrected chi connectivity index (χ1v) is 8.06. The van der Waals surface area contributed by atoms with Crippen LogP contribution in [0.4, 0.5) is 0 Å². The van der Waals surface area contributed by atoms with E-state index < -0.39 is 11.9 Å². The summed E-state index contributed by atoms with van der Waals surface area (Å²) in [6, 6.07) is 11.5. The van der Waals surface area contributed by atoms with Crippen LogP contribution in [0.15, 0.2) is 36.4 Å². The van der Waals surface area contributed by atoms with Crippen LogP contribution in [-0.2, 0) is 11.2 Å². The van der Waals surface area contributed by atoms with Crippen molar-refractivity contribution in [2.24, 2.45) is 0 Å². The topological polar surface area (TPSA) is 55.8 Å². The third-order valence-electron chi connectivity index (χ3n) is 4.08. The highest BCUT2D eigenvalue weighted by atomic mass is 16.5. The van der Waals surface area contributed by atoms with Gasteiger partial charge in [0.25, 0.3) is 0 Å². The van der Waals surface area contributed by atoms with Crippen LogP contribution in [-0.4, -0.2) is 24.8 Å². The minimum atomic E-state index is -0.822. The number of aryl methyl sites for hydroxylation is 2. The summed E-state index contributed by atoms with van der Waals surface area (Å²) in [5.41, 5.74) is 3.82. The molecule has 4 heteroatoms. The molecule has 0 aromatic heterocycles. The Balaban J connectivity index is 2.36. The second-order valence-corrected chi connectivity index (χ2v) is 5.87. The third-order valence-corrected chi connectivity index (χ3v) is 4.08. The second-order valence-electron chi connectivity index (χ2n) is 5.87. The van der Waals surface area contributed by atoms with Crippen LogP contribution in [0.2, 0.25) is 0 Å².